The highest BCUT2D eigenvalue weighted by atomic mass is 32.1. The van der Waals surface area contributed by atoms with Crippen LogP contribution in [0.4, 0.5) is 5.13 Å². The normalized spacial score (nSPS) is 14.1. The monoisotopic (exact) mass is 485 g/mol. The smallest absolute Gasteiger partial charge is 0.250 e. The van der Waals surface area contributed by atoms with E-state index >= 15 is 0 Å². The van der Waals surface area contributed by atoms with Crippen molar-refractivity contribution in [3.8, 4) is 0 Å². The van der Waals surface area contributed by atoms with Crippen molar-refractivity contribution < 1.29 is 9.63 Å². The molecule has 0 radical (unpaired) electrons. The molecule has 2 aromatic heterocycles. The Morgan fingerprint density at radius 1 is 1.14 bits per heavy atom. The summed E-state index contributed by atoms with van der Waals surface area (Å²) in [4.78, 5) is 22.7. The summed E-state index contributed by atoms with van der Waals surface area (Å²) in [5.41, 5.74) is 3.63. The number of amides is 1. The van der Waals surface area contributed by atoms with E-state index in [1.54, 1.807) is 13.0 Å². The number of rotatable bonds is 8. The zero-order chi connectivity index (χ0) is 24.0. The zero-order valence-electron chi connectivity index (χ0n) is 19.0. The van der Waals surface area contributed by atoms with Crippen molar-refractivity contribution in [3.05, 3.63) is 94.8 Å². The molecule has 1 aliphatic carbocycles. The van der Waals surface area contributed by atoms with Gasteiger partial charge in [-0.25, -0.2) is 4.98 Å². The summed E-state index contributed by atoms with van der Waals surface area (Å²) in [6, 6.07) is 19.6. The summed E-state index contributed by atoms with van der Waals surface area (Å²) in [6.45, 7) is 1.92. The number of aromatic nitrogens is 5. The summed E-state index contributed by atoms with van der Waals surface area (Å²) in [5, 5.41) is 21.1. The average molecular weight is 486 g/mol. The maximum Gasteiger partial charge on any atom is 0.250 e. The van der Waals surface area contributed by atoms with E-state index in [1.807, 2.05) is 66.0 Å². The molecule has 5 rings (SSSR count). The molecule has 1 N–H and O–H groups in total. The molecular formula is C25H23N7O2S. The van der Waals surface area contributed by atoms with Gasteiger partial charge in [-0.3, -0.25) is 10.1 Å². The van der Waals surface area contributed by atoms with Crippen molar-refractivity contribution in [1.82, 2.24) is 25.2 Å². The topological polar surface area (TPSA) is 107 Å². The number of oxime groups is 1. The third-order valence-electron chi connectivity index (χ3n) is 5.41. The van der Waals surface area contributed by atoms with Crippen LogP contribution in [-0.2, 0) is 16.2 Å². The second-order valence-corrected chi connectivity index (χ2v) is 8.92. The Balaban J connectivity index is 1.25. The number of carbonyl (C=O) groups is 1. The van der Waals surface area contributed by atoms with Crippen LogP contribution < -0.4 is 5.32 Å². The molecule has 9 nitrogen and oxygen atoms in total. The number of tetrazole rings is 1. The molecule has 0 unspecified atom stereocenters. The summed E-state index contributed by atoms with van der Waals surface area (Å²) in [6.07, 6.45) is 3.92. The van der Waals surface area contributed by atoms with Gasteiger partial charge in [0.15, 0.2) is 17.6 Å². The maximum atomic E-state index is 12.7. The Morgan fingerprint density at radius 2 is 1.86 bits per heavy atom. The van der Waals surface area contributed by atoms with Crippen LogP contribution in [-0.4, -0.2) is 36.9 Å². The molecule has 0 saturated heterocycles. The Morgan fingerprint density at radius 3 is 2.51 bits per heavy atom. The van der Waals surface area contributed by atoms with Gasteiger partial charge < -0.3 is 4.84 Å². The van der Waals surface area contributed by atoms with Crippen LogP contribution in [0.2, 0.25) is 0 Å². The lowest BCUT2D eigenvalue weighted by atomic mass is 10.0. The summed E-state index contributed by atoms with van der Waals surface area (Å²) in [5.74, 6) is 1.32. The number of carbonyl (C=O) groups excluding carboxylic acids is 1. The third kappa shape index (κ3) is 5.67. The molecule has 176 valence electrons. The fourth-order valence-electron chi connectivity index (χ4n) is 3.56. The average Bonchev–Trinajstić information content (AvgIpc) is 3.49. The first-order chi connectivity index (χ1) is 17.2. The summed E-state index contributed by atoms with van der Waals surface area (Å²) in [7, 11) is 0. The number of hydrogen-bond acceptors (Lipinski definition) is 8. The van der Waals surface area contributed by atoms with Crippen LogP contribution in [0.25, 0.3) is 5.57 Å². The van der Waals surface area contributed by atoms with Gasteiger partial charge in [0.25, 0.3) is 0 Å². The number of nitrogens with one attached hydrogen (secondary N) is 1. The van der Waals surface area contributed by atoms with E-state index < -0.39 is 0 Å². The minimum Gasteiger partial charge on any atom is -0.387 e. The lowest BCUT2D eigenvalue weighted by Gasteiger charge is -2.07. The first-order valence-electron chi connectivity index (χ1n) is 11.2. The van der Waals surface area contributed by atoms with Gasteiger partial charge in [0.2, 0.25) is 11.7 Å². The maximum absolute atomic E-state index is 12.7. The van der Waals surface area contributed by atoms with Crippen LogP contribution in [0.15, 0.2) is 77.3 Å². The van der Waals surface area contributed by atoms with Crippen molar-refractivity contribution in [2.45, 2.75) is 26.4 Å². The molecule has 2 aromatic carbocycles. The summed E-state index contributed by atoms with van der Waals surface area (Å²) < 4.78 is 1.51. The second kappa shape index (κ2) is 10.4. The Bertz CT molecular complexity index is 1360. The minimum atomic E-state index is -0.184. The van der Waals surface area contributed by atoms with Gasteiger partial charge in [0, 0.05) is 17.0 Å². The largest absolute Gasteiger partial charge is 0.387 e. The quantitative estimate of drug-likeness (QED) is 0.173. The van der Waals surface area contributed by atoms with Gasteiger partial charge in [-0.1, -0.05) is 65.8 Å². The predicted octanol–water partition coefficient (Wildman–Crippen LogP) is 4.30. The number of benzene rings is 2. The molecule has 1 saturated carbocycles. The van der Waals surface area contributed by atoms with Crippen LogP contribution in [0.3, 0.4) is 0 Å². The van der Waals surface area contributed by atoms with E-state index in [2.05, 4.69) is 31.0 Å². The van der Waals surface area contributed by atoms with Crippen molar-refractivity contribution in [2.75, 3.05) is 5.32 Å². The Kier molecular flexibility index (Phi) is 6.71. The molecule has 1 fully saturated rings. The summed E-state index contributed by atoms with van der Waals surface area (Å²) >= 11 is 1.34. The van der Waals surface area contributed by atoms with Crippen molar-refractivity contribution in [3.63, 3.8) is 0 Å². The molecule has 1 aliphatic rings. The minimum absolute atomic E-state index is 0.136. The van der Waals surface area contributed by atoms with E-state index in [-0.39, 0.29) is 12.5 Å². The van der Waals surface area contributed by atoms with Gasteiger partial charge in [-0.2, -0.15) is 4.68 Å². The molecule has 0 aliphatic heterocycles. The fourth-order valence-corrected chi connectivity index (χ4v) is 4.26. The SMILES string of the molecule is Cc1nnnn1/C(=N/OCc1csc(NC(=O)/C=C(\c2ccccc2)C2CC2)n1)c1ccccc1. The van der Waals surface area contributed by atoms with Crippen molar-refractivity contribution in [2.24, 2.45) is 11.1 Å². The van der Waals surface area contributed by atoms with Crippen LogP contribution in [0, 0.1) is 12.8 Å². The molecule has 4 aromatic rings. The van der Waals surface area contributed by atoms with Gasteiger partial charge in [-0.15, -0.1) is 16.4 Å². The lowest BCUT2D eigenvalue weighted by molar-refractivity contribution is -0.111. The highest BCUT2D eigenvalue weighted by Gasteiger charge is 2.27. The van der Waals surface area contributed by atoms with E-state index in [4.69, 9.17) is 4.84 Å². The molecule has 0 spiro atoms. The number of anilines is 1. The molecule has 2 heterocycles. The first-order valence-corrected chi connectivity index (χ1v) is 12.1. The molecule has 0 atom stereocenters. The van der Waals surface area contributed by atoms with Crippen molar-refractivity contribution in [1.29, 1.82) is 0 Å². The first kappa shape index (κ1) is 22.6. The standard InChI is InChI=1S/C25H23N7O2S/c1-17-28-30-31-32(17)24(20-10-6-3-7-11-20)29-34-15-21-16-35-25(26-21)27-23(33)14-22(19-12-13-19)18-8-4-2-5-9-18/h2-11,14,16,19H,12-13,15H2,1H3,(H,26,27,33)/b22-14+,29-24+. The number of thiazole rings is 1. The highest BCUT2D eigenvalue weighted by Crippen LogP contribution is 2.41. The van der Waals surface area contributed by atoms with Gasteiger partial charge in [-0.05, 0) is 47.2 Å². The fraction of sp³-hybridized carbons (Fsp3) is 0.200. The van der Waals surface area contributed by atoms with Crippen LogP contribution >= 0.6 is 11.3 Å². The molecule has 10 heteroatoms. The van der Waals surface area contributed by atoms with E-state index in [9.17, 15) is 4.79 Å². The Labute approximate surface area is 206 Å². The van der Waals surface area contributed by atoms with Crippen LogP contribution in [0.1, 0.15) is 35.5 Å². The Hall–Kier alpha value is -4.18. The number of allylic oxidation sites excluding steroid dienone is 1. The lowest BCUT2D eigenvalue weighted by Crippen LogP contribution is -2.17. The van der Waals surface area contributed by atoms with Crippen LogP contribution in [0.5, 0.6) is 0 Å². The molecule has 35 heavy (non-hydrogen) atoms. The third-order valence-corrected chi connectivity index (χ3v) is 6.22. The molecule has 1 amide bonds. The van der Waals surface area contributed by atoms with Gasteiger partial charge in [0.05, 0.1) is 5.69 Å². The molecule has 0 bridgehead atoms. The van der Waals surface area contributed by atoms with E-state index in [1.165, 1.54) is 16.0 Å². The zero-order valence-corrected chi connectivity index (χ0v) is 19.9. The highest BCUT2D eigenvalue weighted by molar-refractivity contribution is 7.13. The predicted molar refractivity (Wildman–Crippen MR) is 134 cm³/mol. The van der Waals surface area contributed by atoms with Gasteiger partial charge >= 0.3 is 0 Å². The number of nitrogens with zero attached hydrogens (tertiary/aromatic N) is 6. The van der Waals surface area contributed by atoms with Crippen molar-refractivity contribution >= 4 is 33.8 Å². The van der Waals surface area contributed by atoms with E-state index in [0.29, 0.717) is 28.4 Å². The second-order valence-electron chi connectivity index (χ2n) is 8.07. The number of aryl methyl sites for hydroxylation is 1. The molecular weight excluding hydrogens is 462 g/mol. The van der Waals surface area contributed by atoms with E-state index in [0.717, 1.165) is 29.5 Å². The van der Waals surface area contributed by atoms with Gasteiger partial charge in [0.1, 0.15) is 0 Å². The number of hydrogen-bond donors (Lipinski definition) is 1.